The maximum atomic E-state index is 14.2. The highest BCUT2D eigenvalue weighted by Gasteiger charge is 2.64. The first-order valence-electron chi connectivity index (χ1n) is 16.5. The number of methoxy groups -OCH3 is 4. The number of rotatable bonds is 10. The fourth-order valence-electron chi connectivity index (χ4n) is 10.1. The molecule has 3 aliphatic heterocycles. The van der Waals surface area contributed by atoms with Crippen LogP contribution in [0, 0.1) is 29.6 Å². The molecule has 3 saturated carbocycles. The molecule has 238 valence electrons. The lowest BCUT2D eigenvalue weighted by Gasteiger charge is -2.55. The topological polar surface area (TPSA) is 108 Å². The zero-order chi connectivity index (χ0) is 29.4. The van der Waals surface area contributed by atoms with Gasteiger partial charge in [0.05, 0.1) is 42.5 Å². The monoisotopic (exact) mass is 591 g/mol. The molecule has 0 spiro atoms. The summed E-state index contributed by atoms with van der Waals surface area (Å²) in [5.74, 6) is 1.87. The quantitative estimate of drug-likeness (QED) is 0.398. The highest BCUT2D eigenvalue weighted by molar-refractivity contribution is 5.83. The number of fused-ring (bicyclic) bond motifs is 5. The van der Waals surface area contributed by atoms with Crippen LogP contribution < -0.4 is 10.6 Å². The van der Waals surface area contributed by atoms with Crippen LogP contribution in [0.15, 0.2) is 0 Å². The molecule has 3 saturated heterocycles. The van der Waals surface area contributed by atoms with Gasteiger partial charge in [0.25, 0.3) is 0 Å². The lowest BCUT2D eigenvalue weighted by atomic mass is 9.64. The smallest absolute Gasteiger partial charge is 0.246 e. The molecule has 13 unspecified atom stereocenters. The molecule has 0 aromatic rings. The van der Waals surface area contributed by atoms with Crippen LogP contribution in [0.3, 0.4) is 0 Å². The number of nitrogens with one attached hydrogen (secondary N) is 2. The number of amides is 2. The van der Waals surface area contributed by atoms with Crippen molar-refractivity contribution in [3.8, 4) is 0 Å². The van der Waals surface area contributed by atoms with E-state index in [4.69, 9.17) is 23.7 Å². The van der Waals surface area contributed by atoms with Gasteiger partial charge in [-0.2, -0.15) is 0 Å². The summed E-state index contributed by atoms with van der Waals surface area (Å²) in [5.41, 5.74) is 0. The molecule has 2 amide bonds. The lowest BCUT2D eigenvalue weighted by molar-refractivity contribution is -0.175. The minimum atomic E-state index is -0.191. The van der Waals surface area contributed by atoms with Crippen LogP contribution in [0.1, 0.15) is 64.2 Å². The van der Waals surface area contributed by atoms with E-state index in [9.17, 15) is 9.59 Å². The molecule has 6 rings (SSSR count). The fraction of sp³-hybridized carbons (Fsp3) is 0.938. The van der Waals surface area contributed by atoms with Gasteiger partial charge in [0.1, 0.15) is 6.61 Å². The Morgan fingerprint density at radius 2 is 1.64 bits per heavy atom. The van der Waals surface area contributed by atoms with E-state index in [1.54, 1.807) is 28.4 Å². The molecule has 0 radical (unpaired) electrons. The molecular formula is C32H53N3O7. The SMILES string of the molecule is COC1CCC(CCNC(=O)COC2CCC3C(C2)C2CCNC4C5CCC(OC)C(OC)C5C(=O)N3C24)CC1OC. The van der Waals surface area contributed by atoms with Crippen molar-refractivity contribution in [3.63, 3.8) is 0 Å². The molecule has 3 heterocycles. The van der Waals surface area contributed by atoms with Crippen LogP contribution in [0.4, 0.5) is 0 Å². The van der Waals surface area contributed by atoms with Crippen molar-refractivity contribution in [1.82, 2.24) is 15.5 Å². The molecule has 6 aliphatic rings. The number of carbonyl (C=O) groups is 2. The van der Waals surface area contributed by atoms with Crippen molar-refractivity contribution in [1.29, 1.82) is 0 Å². The molecule has 0 aromatic heterocycles. The molecule has 0 aromatic carbocycles. The van der Waals surface area contributed by atoms with Crippen molar-refractivity contribution in [2.45, 2.75) is 113 Å². The Morgan fingerprint density at radius 3 is 2.40 bits per heavy atom. The minimum Gasteiger partial charge on any atom is -0.379 e. The molecule has 42 heavy (non-hydrogen) atoms. The second-order valence-corrected chi connectivity index (χ2v) is 13.8. The van der Waals surface area contributed by atoms with Crippen LogP contribution in [0.2, 0.25) is 0 Å². The predicted molar refractivity (Wildman–Crippen MR) is 156 cm³/mol. The van der Waals surface area contributed by atoms with Gasteiger partial charge in [-0.15, -0.1) is 0 Å². The van der Waals surface area contributed by atoms with E-state index in [0.717, 1.165) is 70.8 Å². The largest absolute Gasteiger partial charge is 0.379 e. The number of hydrogen-bond donors (Lipinski definition) is 2. The maximum Gasteiger partial charge on any atom is 0.246 e. The number of carbonyl (C=O) groups excluding carboxylic acids is 2. The van der Waals surface area contributed by atoms with Crippen molar-refractivity contribution in [3.05, 3.63) is 0 Å². The maximum absolute atomic E-state index is 14.2. The third-order valence-corrected chi connectivity index (χ3v) is 12.0. The van der Waals surface area contributed by atoms with E-state index in [0.29, 0.717) is 36.3 Å². The van der Waals surface area contributed by atoms with Crippen LogP contribution in [0.25, 0.3) is 0 Å². The molecule has 13 atom stereocenters. The second kappa shape index (κ2) is 13.4. The summed E-state index contributed by atoms with van der Waals surface area (Å²) in [4.78, 5) is 29.2. The molecule has 2 N–H and O–H groups in total. The van der Waals surface area contributed by atoms with E-state index in [-0.39, 0.29) is 66.9 Å². The molecule has 10 nitrogen and oxygen atoms in total. The van der Waals surface area contributed by atoms with Gasteiger partial charge in [-0.25, -0.2) is 0 Å². The molecule has 10 heteroatoms. The third-order valence-electron chi connectivity index (χ3n) is 12.0. The molecule has 3 aliphatic carbocycles. The summed E-state index contributed by atoms with van der Waals surface area (Å²) >= 11 is 0. The Labute approximate surface area is 251 Å². The predicted octanol–water partition coefficient (Wildman–Crippen LogP) is 2.14. The van der Waals surface area contributed by atoms with Gasteiger partial charge in [0, 0.05) is 47.1 Å². The number of piperidine rings is 2. The third kappa shape index (κ3) is 5.65. The highest BCUT2D eigenvalue weighted by atomic mass is 16.5. The Hall–Kier alpha value is -1.30. The standard InChI is InChI=1S/C32H53N3O7/c1-38-24-9-5-18(15-26(24)40-3)11-13-33-27(36)17-42-19-6-8-23-22(16-19)20-12-14-34-29-21-7-10-25(39-2)31(41-4)28(21)32(37)35(23)30(20)29/h18-26,28-31,34H,5-17H2,1-4H3,(H,33,36). The van der Waals surface area contributed by atoms with Crippen LogP contribution >= 0.6 is 0 Å². The van der Waals surface area contributed by atoms with Crippen molar-refractivity contribution >= 4 is 11.8 Å². The summed E-state index contributed by atoms with van der Waals surface area (Å²) < 4.78 is 29.1. The van der Waals surface area contributed by atoms with Crippen LogP contribution in [0.5, 0.6) is 0 Å². The average molecular weight is 592 g/mol. The van der Waals surface area contributed by atoms with Crippen LogP contribution in [-0.4, -0.2) is 113 Å². The van der Waals surface area contributed by atoms with E-state index < -0.39 is 0 Å². The number of hydrogen-bond acceptors (Lipinski definition) is 8. The van der Waals surface area contributed by atoms with Gasteiger partial charge in [-0.05, 0) is 94.4 Å². The number of ether oxygens (including phenoxy) is 5. The van der Waals surface area contributed by atoms with Crippen molar-refractivity contribution < 1.29 is 33.3 Å². The van der Waals surface area contributed by atoms with Gasteiger partial charge in [0.15, 0.2) is 0 Å². The van der Waals surface area contributed by atoms with E-state index >= 15 is 0 Å². The fourth-order valence-corrected chi connectivity index (χ4v) is 10.1. The van der Waals surface area contributed by atoms with Gasteiger partial charge < -0.3 is 39.2 Å². The zero-order valence-corrected chi connectivity index (χ0v) is 26.0. The van der Waals surface area contributed by atoms with E-state index in [2.05, 4.69) is 15.5 Å². The average Bonchev–Trinajstić information content (AvgIpc) is 3.36. The van der Waals surface area contributed by atoms with Gasteiger partial charge in [0.2, 0.25) is 11.8 Å². The second-order valence-electron chi connectivity index (χ2n) is 13.8. The first-order chi connectivity index (χ1) is 20.5. The normalized spacial score (nSPS) is 44.7. The summed E-state index contributed by atoms with van der Waals surface area (Å²) in [6.07, 6.45) is 9.99. The number of nitrogens with zero attached hydrogens (tertiary/aromatic N) is 1. The van der Waals surface area contributed by atoms with Gasteiger partial charge >= 0.3 is 0 Å². The van der Waals surface area contributed by atoms with Crippen molar-refractivity contribution in [2.24, 2.45) is 29.6 Å². The Balaban J connectivity index is 1.02. The summed E-state index contributed by atoms with van der Waals surface area (Å²) in [6.45, 7) is 1.77. The van der Waals surface area contributed by atoms with Gasteiger partial charge in [-0.1, -0.05) is 0 Å². The van der Waals surface area contributed by atoms with Gasteiger partial charge in [-0.3, -0.25) is 9.59 Å². The first-order valence-corrected chi connectivity index (χ1v) is 16.5. The highest BCUT2D eigenvalue weighted by Crippen LogP contribution is 2.54. The van der Waals surface area contributed by atoms with Crippen molar-refractivity contribution in [2.75, 3.05) is 48.1 Å². The Morgan fingerprint density at radius 1 is 0.857 bits per heavy atom. The summed E-state index contributed by atoms with van der Waals surface area (Å²) in [7, 11) is 6.97. The molecule has 0 bridgehead atoms. The Bertz CT molecular complexity index is 953. The summed E-state index contributed by atoms with van der Waals surface area (Å²) in [5, 5.41) is 6.93. The first kappa shape index (κ1) is 30.7. The van der Waals surface area contributed by atoms with E-state index in [1.807, 2.05) is 0 Å². The van der Waals surface area contributed by atoms with E-state index in [1.165, 1.54) is 0 Å². The zero-order valence-electron chi connectivity index (χ0n) is 26.0. The minimum absolute atomic E-state index is 0.0298. The molecular weight excluding hydrogens is 538 g/mol. The lowest BCUT2D eigenvalue weighted by Crippen LogP contribution is -2.70. The Kier molecular flexibility index (Phi) is 9.77. The van der Waals surface area contributed by atoms with Crippen LogP contribution in [-0.2, 0) is 33.3 Å². The molecule has 6 fully saturated rings. The summed E-state index contributed by atoms with van der Waals surface area (Å²) in [6, 6.07) is 0.841.